The Morgan fingerprint density at radius 1 is 1.08 bits per heavy atom. The van der Waals surface area contributed by atoms with Crippen LogP contribution in [0.25, 0.3) is 0 Å². The molecule has 2 saturated heterocycles. The maximum absolute atomic E-state index is 12.4. The average Bonchev–Trinajstić information content (AvgIpc) is 2.79. The molecule has 3 heterocycles. The van der Waals surface area contributed by atoms with Crippen molar-refractivity contribution in [1.82, 2.24) is 19.1 Å². The van der Waals surface area contributed by atoms with Crippen molar-refractivity contribution in [2.45, 2.75) is 18.8 Å². The largest absolute Gasteiger partial charge is 0.492 e. The molecule has 1 aromatic carbocycles. The van der Waals surface area contributed by atoms with E-state index in [4.69, 9.17) is 37.9 Å². The van der Waals surface area contributed by atoms with E-state index in [-0.39, 0.29) is 25.4 Å². The van der Waals surface area contributed by atoms with Gasteiger partial charge in [0.1, 0.15) is 22.7 Å². The lowest BCUT2D eigenvalue weighted by Crippen LogP contribution is -2.60. The minimum Gasteiger partial charge on any atom is -0.492 e. The minimum atomic E-state index is -3.38. The predicted molar refractivity (Wildman–Crippen MR) is 138 cm³/mol. The summed E-state index contributed by atoms with van der Waals surface area (Å²) in [6.45, 7) is 5.24. The number of nitrogens with zero attached hydrogens (tertiary/aromatic N) is 5. The fourth-order valence-corrected chi connectivity index (χ4v) is 5.95. The molecule has 2 fully saturated rings. The summed E-state index contributed by atoms with van der Waals surface area (Å²) >= 11 is 12.1. The van der Waals surface area contributed by atoms with E-state index in [1.54, 1.807) is 24.3 Å². The number of rotatable bonds is 10. The van der Waals surface area contributed by atoms with E-state index in [0.717, 1.165) is 38.3 Å². The number of halogens is 2. The highest BCUT2D eigenvalue weighted by Crippen LogP contribution is 2.23. The summed E-state index contributed by atoms with van der Waals surface area (Å²) in [6, 6.07) is 12.5. The first-order chi connectivity index (χ1) is 17.2. The van der Waals surface area contributed by atoms with Gasteiger partial charge in [-0.25, -0.2) is 13.4 Å². The van der Waals surface area contributed by atoms with E-state index in [1.165, 1.54) is 10.6 Å². The van der Waals surface area contributed by atoms with Gasteiger partial charge in [-0.2, -0.15) is 9.57 Å². The van der Waals surface area contributed by atoms with E-state index in [0.29, 0.717) is 34.7 Å². The van der Waals surface area contributed by atoms with Crippen LogP contribution < -0.4 is 4.74 Å². The zero-order valence-electron chi connectivity index (χ0n) is 20.0. The Bertz CT molecular complexity index is 1160. The van der Waals surface area contributed by atoms with Gasteiger partial charge in [0.05, 0.1) is 30.1 Å². The second-order valence-electron chi connectivity index (χ2n) is 9.10. The molecule has 0 N–H and O–H groups in total. The minimum absolute atomic E-state index is 0.0525. The Morgan fingerprint density at radius 2 is 1.69 bits per heavy atom. The summed E-state index contributed by atoms with van der Waals surface area (Å²) < 4.78 is 38.0. The van der Waals surface area contributed by atoms with Crippen molar-refractivity contribution in [2.75, 3.05) is 58.7 Å². The van der Waals surface area contributed by atoms with Gasteiger partial charge in [0.15, 0.2) is 0 Å². The van der Waals surface area contributed by atoms with Crippen LogP contribution in [0.3, 0.4) is 0 Å². The highest BCUT2D eigenvalue weighted by molar-refractivity contribution is 7.88. The fraction of sp³-hybridized carbons (Fsp3) is 0.500. The predicted octanol–water partition coefficient (Wildman–Crippen LogP) is 2.49. The molecule has 9 nitrogen and oxygen atoms in total. The van der Waals surface area contributed by atoms with Gasteiger partial charge >= 0.3 is 0 Å². The SMILES string of the molecule is CS(=O)(=O)N(CCOc1ccc(C#N)cc1)CCN1CC2CN(Cc3cc(Cl)nc(Cl)c3)CC(C1)O2. The van der Waals surface area contributed by atoms with Crippen molar-refractivity contribution in [2.24, 2.45) is 0 Å². The molecule has 0 radical (unpaired) electrons. The van der Waals surface area contributed by atoms with E-state index in [1.807, 2.05) is 12.1 Å². The first kappa shape index (κ1) is 27.1. The van der Waals surface area contributed by atoms with Crippen LogP contribution in [0.1, 0.15) is 11.1 Å². The third kappa shape index (κ3) is 7.76. The van der Waals surface area contributed by atoms with Gasteiger partial charge in [-0.15, -0.1) is 0 Å². The topological polar surface area (TPSA) is 99.0 Å². The van der Waals surface area contributed by atoms with Crippen molar-refractivity contribution in [3.8, 4) is 11.8 Å². The number of fused-ring (bicyclic) bond motifs is 2. The zero-order chi connectivity index (χ0) is 25.7. The van der Waals surface area contributed by atoms with Gasteiger partial charge in [-0.3, -0.25) is 9.80 Å². The molecule has 2 aliphatic rings. The zero-order valence-corrected chi connectivity index (χ0v) is 22.3. The molecule has 12 heteroatoms. The van der Waals surface area contributed by atoms with E-state index >= 15 is 0 Å². The van der Waals surface area contributed by atoms with Gasteiger partial charge in [0.2, 0.25) is 10.0 Å². The van der Waals surface area contributed by atoms with Crippen LogP contribution in [-0.2, 0) is 21.3 Å². The second-order valence-corrected chi connectivity index (χ2v) is 11.9. The number of ether oxygens (including phenoxy) is 2. The molecule has 4 rings (SSSR count). The smallest absolute Gasteiger partial charge is 0.211 e. The third-order valence-electron chi connectivity index (χ3n) is 6.19. The number of pyridine rings is 1. The molecule has 2 bridgehead atoms. The van der Waals surface area contributed by atoms with Crippen LogP contribution in [0, 0.1) is 11.3 Å². The molecule has 1 aromatic heterocycles. The van der Waals surface area contributed by atoms with Crippen LogP contribution in [0.15, 0.2) is 36.4 Å². The van der Waals surface area contributed by atoms with E-state index < -0.39 is 10.0 Å². The summed E-state index contributed by atoms with van der Waals surface area (Å²) in [5.74, 6) is 0.601. The normalized spacial score (nSPS) is 20.9. The Kier molecular flexibility index (Phi) is 9.06. The monoisotopic (exact) mass is 553 g/mol. The number of sulfonamides is 1. The van der Waals surface area contributed by atoms with Crippen molar-refractivity contribution in [3.63, 3.8) is 0 Å². The average molecular weight is 555 g/mol. The maximum atomic E-state index is 12.4. The van der Waals surface area contributed by atoms with Gasteiger partial charge in [0.25, 0.3) is 0 Å². The summed E-state index contributed by atoms with van der Waals surface area (Å²) in [7, 11) is -3.38. The van der Waals surface area contributed by atoms with E-state index in [9.17, 15) is 8.42 Å². The Labute approximate surface area is 222 Å². The molecule has 36 heavy (non-hydrogen) atoms. The fourth-order valence-electron chi connectivity index (χ4n) is 4.62. The van der Waals surface area contributed by atoms with Crippen LogP contribution in [0.5, 0.6) is 5.75 Å². The summed E-state index contributed by atoms with van der Waals surface area (Å²) in [4.78, 5) is 8.61. The molecule has 194 valence electrons. The van der Waals surface area contributed by atoms with Gasteiger partial charge in [-0.1, -0.05) is 23.2 Å². The van der Waals surface area contributed by atoms with Crippen LogP contribution in [-0.4, -0.2) is 98.4 Å². The number of aromatic nitrogens is 1. The molecule has 0 saturated carbocycles. The number of benzene rings is 1. The first-order valence-corrected chi connectivity index (χ1v) is 14.3. The molecular formula is C24H29Cl2N5O4S. The molecular weight excluding hydrogens is 525 g/mol. The third-order valence-corrected chi connectivity index (χ3v) is 7.88. The van der Waals surface area contributed by atoms with Gasteiger partial charge in [0, 0.05) is 52.4 Å². The van der Waals surface area contributed by atoms with Crippen LogP contribution >= 0.6 is 23.2 Å². The highest BCUT2D eigenvalue weighted by Gasteiger charge is 2.35. The van der Waals surface area contributed by atoms with Gasteiger partial charge in [-0.05, 0) is 42.0 Å². The quantitative estimate of drug-likeness (QED) is 0.414. The second kappa shape index (κ2) is 12.0. The number of morpholine rings is 2. The summed E-state index contributed by atoms with van der Waals surface area (Å²) in [5.41, 5.74) is 1.56. The molecule has 2 aromatic rings. The lowest BCUT2D eigenvalue weighted by atomic mass is 10.1. The van der Waals surface area contributed by atoms with Crippen molar-refractivity contribution in [1.29, 1.82) is 5.26 Å². The number of hydrogen-bond acceptors (Lipinski definition) is 8. The van der Waals surface area contributed by atoms with Crippen molar-refractivity contribution < 1.29 is 17.9 Å². The summed E-state index contributed by atoms with van der Waals surface area (Å²) in [5, 5.41) is 9.66. The first-order valence-electron chi connectivity index (χ1n) is 11.7. The maximum Gasteiger partial charge on any atom is 0.211 e. The van der Waals surface area contributed by atoms with E-state index in [2.05, 4.69) is 20.9 Å². The number of hydrogen-bond donors (Lipinski definition) is 0. The highest BCUT2D eigenvalue weighted by atomic mass is 35.5. The molecule has 0 amide bonds. The molecule has 2 atom stereocenters. The lowest BCUT2D eigenvalue weighted by Gasteiger charge is -2.46. The standard InChI is InChI=1S/C24H29Cl2N5O4S/c1-36(32,33)31(8-9-34-20-4-2-18(12-27)3-5-20)7-6-29-14-21-16-30(17-22(15-29)35-21)13-19-10-23(25)28-24(26)11-19/h2-5,10-11,21-22H,6-9,13-17H2,1H3. The lowest BCUT2D eigenvalue weighted by molar-refractivity contribution is -0.140. The molecule has 2 unspecified atom stereocenters. The molecule has 0 spiro atoms. The Morgan fingerprint density at radius 3 is 2.28 bits per heavy atom. The van der Waals surface area contributed by atoms with Crippen molar-refractivity contribution in [3.05, 3.63) is 57.8 Å². The van der Waals surface area contributed by atoms with Gasteiger partial charge < -0.3 is 9.47 Å². The Hall–Kier alpha value is -1.97. The van der Waals surface area contributed by atoms with Crippen LogP contribution in [0.2, 0.25) is 10.3 Å². The Balaban J connectivity index is 1.25. The van der Waals surface area contributed by atoms with Crippen molar-refractivity contribution >= 4 is 33.2 Å². The molecule has 2 aliphatic heterocycles. The van der Waals surface area contributed by atoms with Crippen LogP contribution in [0.4, 0.5) is 0 Å². The summed E-state index contributed by atoms with van der Waals surface area (Å²) in [6.07, 6.45) is 1.33. The molecule has 0 aliphatic carbocycles. The number of nitriles is 1.